The summed E-state index contributed by atoms with van der Waals surface area (Å²) in [6.45, 7) is 3.96. The molecule has 0 unspecified atom stereocenters. The van der Waals surface area contributed by atoms with Crippen LogP contribution in [0.3, 0.4) is 0 Å². The number of alkyl halides is 3. The Morgan fingerprint density at radius 1 is 1.26 bits per heavy atom. The fourth-order valence-corrected chi connectivity index (χ4v) is 3.72. The minimum atomic E-state index is -4.40. The molecule has 2 aliphatic heterocycles. The maximum Gasteiger partial charge on any atom is 0.417 e. The summed E-state index contributed by atoms with van der Waals surface area (Å²) in [7, 11) is 0. The molecule has 3 heterocycles. The predicted octanol–water partition coefficient (Wildman–Crippen LogP) is 2.05. The summed E-state index contributed by atoms with van der Waals surface area (Å²) < 4.78 is 37.9. The first kappa shape index (κ1) is 19.4. The van der Waals surface area contributed by atoms with E-state index < -0.39 is 17.8 Å². The fourth-order valence-electron chi connectivity index (χ4n) is 3.72. The van der Waals surface area contributed by atoms with Crippen molar-refractivity contribution < 1.29 is 22.8 Å². The number of amides is 2. The number of hydrogen-bond acceptors (Lipinski definition) is 4. The van der Waals surface area contributed by atoms with Gasteiger partial charge in [-0.25, -0.2) is 4.98 Å². The van der Waals surface area contributed by atoms with Crippen LogP contribution < -0.4 is 10.2 Å². The Morgan fingerprint density at radius 2 is 1.96 bits per heavy atom. The predicted molar refractivity (Wildman–Crippen MR) is 93.0 cm³/mol. The zero-order chi connectivity index (χ0) is 19.6. The number of halogens is 3. The van der Waals surface area contributed by atoms with E-state index in [-0.39, 0.29) is 17.7 Å². The molecule has 1 aromatic rings. The van der Waals surface area contributed by atoms with Gasteiger partial charge in [-0.2, -0.15) is 13.2 Å². The molecule has 0 spiro atoms. The second-order valence-electron chi connectivity index (χ2n) is 6.91. The van der Waals surface area contributed by atoms with Gasteiger partial charge in [-0.1, -0.05) is 6.92 Å². The highest BCUT2D eigenvalue weighted by Crippen LogP contribution is 2.30. The molecule has 6 nitrogen and oxygen atoms in total. The van der Waals surface area contributed by atoms with Gasteiger partial charge in [-0.3, -0.25) is 9.59 Å². The van der Waals surface area contributed by atoms with Crippen LogP contribution in [0.1, 0.15) is 31.7 Å². The molecule has 1 aromatic heterocycles. The van der Waals surface area contributed by atoms with E-state index in [1.54, 1.807) is 4.90 Å². The number of aromatic nitrogens is 1. The minimum Gasteiger partial charge on any atom is -0.357 e. The highest BCUT2D eigenvalue weighted by atomic mass is 19.4. The van der Waals surface area contributed by atoms with E-state index in [0.29, 0.717) is 51.3 Å². The zero-order valence-electron chi connectivity index (χ0n) is 15.1. The van der Waals surface area contributed by atoms with Crippen LogP contribution in [-0.4, -0.2) is 53.9 Å². The normalized spacial score (nSPS) is 21.9. The molecule has 2 saturated heterocycles. The SMILES string of the molecule is CC[C@H]1C(=O)NCCN1C(=O)C1CCN(c2ccc(C(F)(F)F)cn2)CC1. The van der Waals surface area contributed by atoms with E-state index in [0.717, 1.165) is 12.3 Å². The Labute approximate surface area is 155 Å². The quantitative estimate of drug-likeness (QED) is 0.866. The number of rotatable bonds is 3. The Morgan fingerprint density at radius 3 is 2.52 bits per heavy atom. The number of hydrogen-bond donors (Lipinski definition) is 1. The lowest BCUT2D eigenvalue weighted by atomic mass is 9.93. The summed E-state index contributed by atoms with van der Waals surface area (Å²) in [5.74, 6) is 0.202. The molecule has 0 aliphatic carbocycles. The van der Waals surface area contributed by atoms with E-state index in [9.17, 15) is 22.8 Å². The topological polar surface area (TPSA) is 65.5 Å². The smallest absolute Gasteiger partial charge is 0.357 e. The van der Waals surface area contributed by atoms with Gasteiger partial charge in [0.1, 0.15) is 11.9 Å². The molecule has 148 valence electrons. The van der Waals surface area contributed by atoms with Gasteiger partial charge in [0.25, 0.3) is 0 Å². The molecule has 0 radical (unpaired) electrons. The van der Waals surface area contributed by atoms with Gasteiger partial charge in [-0.15, -0.1) is 0 Å². The van der Waals surface area contributed by atoms with Gasteiger partial charge in [0.15, 0.2) is 0 Å². The largest absolute Gasteiger partial charge is 0.417 e. The molecule has 0 bridgehead atoms. The van der Waals surface area contributed by atoms with Crippen LogP contribution in [-0.2, 0) is 15.8 Å². The molecule has 1 atom stereocenters. The monoisotopic (exact) mass is 384 g/mol. The maximum absolute atomic E-state index is 12.9. The Balaban J connectivity index is 1.60. The lowest BCUT2D eigenvalue weighted by molar-refractivity contribution is -0.146. The van der Waals surface area contributed by atoms with Crippen molar-refractivity contribution in [2.45, 2.75) is 38.4 Å². The molecule has 9 heteroatoms. The van der Waals surface area contributed by atoms with Crippen molar-refractivity contribution in [2.24, 2.45) is 5.92 Å². The van der Waals surface area contributed by atoms with Gasteiger partial charge >= 0.3 is 6.18 Å². The molecule has 0 aromatic carbocycles. The second-order valence-corrected chi connectivity index (χ2v) is 6.91. The highest BCUT2D eigenvalue weighted by Gasteiger charge is 2.36. The Bertz CT molecular complexity index is 685. The van der Waals surface area contributed by atoms with Crippen molar-refractivity contribution in [3.8, 4) is 0 Å². The number of nitrogens with zero attached hydrogens (tertiary/aromatic N) is 3. The van der Waals surface area contributed by atoms with E-state index in [1.807, 2.05) is 11.8 Å². The number of piperidine rings is 1. The number of carbonyl (C=O) groups excluding carboxylic acids is 2. The van der Waals surface area contributed by atoms with Crippen molar-refractivity contribution in [3.05, 3.63) is 23.9 Å². The summed E-state index contributed by atoms with van der Waals surface area (Å²) in [6, 6.07) is 1.98. The minimum absolute atomic E-state index is 0.00303. The number of pyridine rings is 1. The van der Waals surface area contributed by atoms with Crippen molar-refractivity contribution >= 4 is 17.6 Å². The molecule has 3 rings (SSSR count). The molecular weight excluding hydrogens is 361 g/mol. The second kappa shape index (κ2) is 7.74. The number of piperazine rings is 1. The summed E-state index contributed by atoms with van der Waals surface area (Å²) in [4.78, 5) is 32.3. The Kier molecular flexibility index (Phi) is 5.57. The fraction of sp³-hybridized carbons (Fsp3) is 0.611. The average Bonchev–Trinajstić information content (AvgIpc) is 2.67. The number of nitrogens with one attached hydrogen (secondary N) is 1. The van der Waals surface area contributed by atoms with Crippen LogP contribution >= 0.6 is 0 Å². The van der Waals surface area contributed by atoms with Gasteiger partial charge in [0.05, 0.1) is 5.56 Å². The standard InChI is InChI=1S/C18H23F3N4O2/c1-2-14-16(26)22-7-10-25(14)17(27)12-5-8-24(9-6-12)15-4-3-13(11-23-15)18(19,20)21/h3-4,11-12,14H,2,5-10H2,1H3,(H,22,26)/t14-/m0/s1. The number of anilines is 1. The number of carbonyl (C=O) groups is 2. The van der Waals surface area contributed by atoms with Crippen LogP contribution in [0.4, 0.5) is 19.0 Å². The third kappa shape index (κ3) is 4.17. The van der Waals surface area contributed by atoms with E-state index in [4.69, 9.17) is 0 Å². The van der Waals surface area contributed by atoms with Crippen LogP contribution in [0.25, 0.3) is 0 Å². The highest BCUT2D eigenvalue weighted by molar-refractivity contribution is 5.89. The third-order valence-electron chi connectivity index (χ3n) is 5.24. The van der Waals surface area contributed by atoms with Gasteiger partial charge < -0.3 is 15.1 Å². The van der Waals surface area contributed by atoms with E-state index >= 15 is 0 Å². The van der Waals surface area contributed by atoms with Crippen molar-refractivity contribution in [3.63, 3.8) is 0 Å². The zero-order valence-corrected chi connectivity index (χ0v) is 15.1. The Hall–Kier alpha value is -2.32. The van der Waals surface area contributed by atoms with E-state index in [2.05, 4.69) is 10.3 Å². The summed E-state index contributed by atoms with van der Waals surface area (Å²) in [5.41, 5.74) is -0.773. The van der Waals surface area contributed by atoms with Crippen LogP contribution in [0.2, 0.25) is 0 Å². The first-order valence-electron chi connectivity index (χ1n) is 9.17. The van der Waals surface area contributed by atoms with E-state index in [1.165, 1.54) is 6.07 Å². The molecule has 27 heavy (non-hydrogen) atoms. The van der Waals surface area contributed by atoms with Crippen molar-refractivity contribution in [1.29, 1.82) is 0 Å². The molecule has 2 fully saturated rings. The van der Waals surface area contributed by atoms with Gasteiger partial charge in [0, 0.05) is 38.3 Å². The van der Waals surface area contributed by atoms with Crippen molar-refractivity contribution in [2.75, 3.05) is 31.1 Å². The van der Waals surface area contributed by atoms with Crippen molar-refractivity contribution in [1.82, 2.24) is 15.2 Å². The molecule has 1 N–H and O–H groups in total. The van der Waals surface area contributed by atoms with Gasteiger partial charge in [0.2, 0.25) is 11.8 Å². The molecular formula is C18H23F3N4O2. The lowest BCUT2D eigenvalue weighted by Crippen LogP contribution is -2.58. The molecule has 2 aliphatic rings. The first-order valence-corrected chi connectivity index (χ1v) is 9.17. The maximum atomic E-state index is 12.9. The lowest BCUT2D eigenvalue weighted by Gasteiger charge is -2.39. The summed E-state index contributed by atoms with van der Waals surface area (Å²) >= 11 is 0. The van der Waals surface area contributed by atoms with Crippen LogP contribution in [0.5, 0.6) is 0 Å². The molecule has 2 amide bonds. The summed E-state index contributed by atoms with van der Waals surface area (Å²) in [6.07, 6.45) is -1.80. The summed E-state index contributed by atoms with van der Waals surface area (Å²) in [5, 5.41) is 2.79. The molecule has 0 saturated carbocycles. The van der Waals surface area contributed by atoms with Crippen LogP contribution in [0, 0.1) is 5.92 Å². The van der Waals surface area contributed by atoms with Crippen LogP contribution in [0.15, 0.2) is 18.3 Å². The first-order chi connectivity index (χ1) is 12.8. The van der Waals surface area contributed by atoms with Gasteiger partial charge in [-0.05, 0) is 31.4 Å². The average molecular weight is 384 g/mol. The third-order valence-corrected chi connectivity index (χ3v) is 5.24.